The van der Waals surface area contributed by atoms with Crippen LogP contribution in [0, 0.1) is 0 Å². The van der Waals surface area contributed by atoms with E-state index >= 15 is 0 Å². The van der Waals surface area contributed by atoms with Crippen molar-refractivity contribution in [3.05, 3.63) is 36.5 Å². The summed E-state index contributed by atoms with van der Waals surface area (Å²) in [5.74, 6) is 0.617. The largest absolute Gasteiger partial charge is 0.372 e. The number of likely N-dealkylation sites (tertiary alicyclic amines) is 1. The van der Waals surface area contributed by atoms with Gasteiger partial charge in [-0.2, -0.15) is 0 Å². The summed E-state index contributed by atoms with van der Waals surface area (Å²) in [6.07, 6.45) is 6.07. The fourth-order valence-corrected chi connectivity index (χ4v) is 4.02. The van der Waals surface area contributed by atoms with Crippen molar-refractivity contribution in [3.8, 4) is 5.82 Å². The van der Waals surface area contributed by atoms with Crippen molar-refractivity contribution in [3.63, 3.8) is 0 Å². The molecule has 4 heterocycles. The minimum atomic E-state index is -0.0953. The summed E-state index contributed by atoms with van der Waals surface area (Å²) < 4.78 is 7.87. The molecule has 2 aromatic heterocycles. The number of pyridine rings is 1. The molecule has 1 amide bonds. The predicted molar refractivity (Wildman–Crippen MR) is 99.7 cm³/mol. The summed E-state index contributed by atoms with van der Waals surface area (Å²) in [7, 11) is 0. The first-order valence-electron chi connectivity index (χ1n) is 9.67. The number of carbonyl (C=O) groups is 1. The monoisotopic (exact) mass is 370 g/mol. The van der Waals surface area contributed by atoms with Crippen LogP contribution in [0.3, 0.4) is 0 Å². The molecule has 2 aromatic rings. The lowest BCUT2D eigenvalue weighted by Crippen LogP contribution is -2.57. The molecule has 0 aromatic carbocycles. The second-order valence-electron chi connectivity index (χ2n) is 7.35. The number of carbonyl (C=O) groups excluding carboxylic acids is 1. The van der Waals surface area contributed by atoms with Crippen LogP contribution in [0.15, 0.2) is 30.9 Å². The number of amides is 1. The standard InChI is InChI=1S/C19H26N6O2/c1-2-8-23-11-12-27-19(13-23)6-9-24(10-7-19)18(26)16-4-3-5-17(22-16)25-14-20-21-15-25/h3-5,14-15H,2,6-13H2,1H3. The number of aromatic nitrogens is 4. The highest BCUT2D eigenvalue weighted by molar-refractivity contribution is 5.92. The predicted octanol–water partition coefficient (Wildman–Crippen LogP) is 1.38. The Kier molecular flexibility index (Phi) is 5.18. The van der Waals surface area contributed by atoms with Gasteiger partial charge in [0.2, 0.25) is 0 Å². The first-order chi connectivity index (χ1) is 13.2. The van der Waals surface area contributed by atoms with Crippen molar-refractivity contribution in [1.82, 2.24) is 29.5 Å². The molecule has 0 saturated carbocycles. The van der Waals surface area contributed by atoms with Crippen LogP contribution in [0.1, 0.15) is 36.7 Å². The third-order valence-electron chi connectivity index (χ3n) is 5.47. The molecule has 0 bridgehead atoms. The number of piperidine rings is 1. The summed E-state index contributed by atoms with van der Waals surface area (Å²) in [5, 5.41) is 7.58. The molecule has 1 spiro atoms. The normalized spacial score (nSPS) is 20.1. The van der Waals surface area contributed by atoms with E-state index in [4.69, 9.17) is 4.74 Å². The average molecular weight is 370 g/mol. The highest BCUT2D eigenvalue weighted by atomic mass is 16.5. The van der Waals surface area contributed by atoms with Gasteiger partial charge in [0.05, 0.1) is 12.2 Å². The fraction of sp³-hybridized carbons (Fsp3) is 0.579. The average Bonchev–Trinajstić information content (AvgIpc) is 3.24. The molecule has 0 unspecified atom stereocenters. The Bertz CT molecular complexity index is 768. The van der Waals surface area contributed by atoms with E-state index in [1.54, 1.807) is 23.3 Å². The van der Waals surface area contributed by atoms with Crippen LogP contribution in [0.4, 0.5) is 0 Å². The van der Waals surface area contributed by atoms with Gasteiger partial charge in [0.25, 0.3) is 5.91 Å². The SMILES string of the molecule is CCCN1CCOC2(CCN(C(=O)c3cccc(-n4cnnc4)n3)CC2)C1. The quantitative estimate of drug-likeness (QED) is 0.809. The van der Waals surface area contributed by atoms with Crippen molar-refractivity contribution in [1.29, 1.82) is 0 Å². The summed E-state index contributed by atoms with van der Waals surface area (Å²) in [5.41, 5.74) is 0.358. The number of morpholine rings is 1. The van der Waals surface area contributed by atoms with E-state index in [-0.39, 0.29) is 11.5 Å². The molecule has 2 saturated heterocycles. The molecule has 2 aliphatic rings. The van der Waals surface area contributed by atoms with Crippen molar-refractivity contribution < 1.29 is 9.53 Å². The lowest BCUT2D eigenvalue weighted by Gasteiger charge is -2.47. The van der Waals surface area contributed by atoms with Gasteiger partial charge in [0.15, 0.2) is 0 Å². The first-order valence-corrected chi connectivity index (χ1v) is 9.67. The van der Waals surface area contributed by atoms with E-state index in [9.17, 15) is 4.79 Å². The molecule has 0 radical (unpaired) electrons. The third kappa shape index (κ3) is 3.86. The topological polar surface area (TPSA) is 76.4 Å². The van der Waals surface area contributed by atoms with Crippen LogP contribution in [0.2, 0.25) is 0 Å². The van der Waals surface area contributed by atoms with Crippen molar-refractivity contribution in [2.24, 2.45) is 0 Å². The minimum Gasteiger partial charge on any atom is -0.372 e. The van der Waals surface area contributed by atoms with Gasteiger partial charge in [0.1, 0.15) is 24.2 Å². The van der Waals surface area contributed by atoms with E-state index in [0.29, 0.717) is 24.6 Å². The Labute approximate surface area is 159 Å². The van der Waals surface area contributed by atoms with Crippen LogP contribution in [-0.4, -0.2) is 80.4 Å². The molecule has 0 atom stereocenters. The molecule has 2 aliphatic heterocycles. The maximum absolute atomic E-state index is 12.9. The van der Waals surface area contributed by atoms with Gasteiger partial charge in [-0.1, -0.05) is 13.0 Å². The fourth-order valence-electron chi connectivity index (χ4n) is 4.02. The van der Waals surface area contributed by atoms with Crippen molar-refractivity contribution >= 4 is 5.91 Å². The molecule has 8 heteroatoms. The maximum atomic E-state index is 12.9. The van der Waals surface area contributed by atoms with E-state index in [1.807, 2.05) is 17.0 Å². The van der Waals surface area contributed by atoms with Gasteiger partial charge in [-0.25, -0.2) is 4.98 Å². The summed E-state index contributed by atoms with van der Waals surface area (Å²) in [6, 6.07) is 5.44. The van der Waals surface area contributed by atoms with Crippen LogP contribution in [0.25, 0.3) is 5.82 Å². The molecule has 2 fully saturated rings. The van der Waals surface area contributed by atoms with Crippen LogP contribution in [-0.2, 0) is 4.74 Å². The number of nitrogens with zero attached hydrogens (tertiary/aromatic N) is 6. The molecule has 27 heavy (non-hydrogen) atoms. The smallest absolute Gasteiger partial charge is 0.272 e. The lowest BCUT2D eigenvalue weighted by molar-refractivity contribution is -0.132. The highest BCUT2D eigenvalue weighted by Crippen LogP contribution is 2.30. The van der Waals surface area contributed by atoms with Gasteiger partial charge in [-0.15, -0.1) is 10.2 Å². The molecular formula is C19H26N6O2. The number of rotatable bonds is 4. The molecule has 8 nitrogen and oxygen atoms in total. The zero-order valence-electron chi connectivity index (χ0n) is 15.8. The zero-order valence-corrected chi connectivity index (χ0v) is 15.8. The first kappa shape index (κ1) is 18.1. The van der Waals surface area contributed by atoms with Gasteiger partial charge < -0.3 is 9.64 Å². The molecular weight excluding hydrogens is 344 g/mol. The molecule has 4 rings (SSSR count). The van der Waals surface area contributed by atoms with Gasteiger partial charge >= 0.3 is 0 Å². The number of hydrogen-bond donors (Lipinski definition) is 0. The minimum absolute atomic E-state index is 0.0269. The van der Waals surface area contributed by atoms with Crippen LogP contribution in [0.5, 0.6) is 0 Å². The summed E-state index contributed by atoms with van der Waals surface area (Å²) in [6.45, 7) is 7.52. The molecule has 0 aliphatic carbocycles. The zero-order chi connectivity index (χ0) is 18.7. The Morgan fingerprint density at radius 3 is 2.70 bits per heavy atom. The van der Waals surface area contributed by atoms with Gasteiger partial charge in [-0.3, -0.25) is 14.3 Å². The Hall–Kier alpha value is -2.32. The second-order valence-corrected chi connectivity index (χ2v) is 7.35. The number of hydrogen-bond acceptors (Lipinski definition) is 6. The Morgan fingerprint density at radius 1 is 1.19 bits per heavy atom. The van der Waals surface area contributed by atoms with Crippen LogP contribution >= 0.6 is 0 Å². The number of ether oxygens (including phenoxy) is 1. The highest BCUT2D eigenvalue weighted by Gasteiger charge is 2.40. The van der Waals surface area contributed by atoms with E-state index in [2.05, 4.69) is 27.0 Å². The van der Waals surface area contributed by atoms with Gasteiger partial charge in [-0.05, 0) is 37.9 Å². The van der Waals surface area contributed by atoms with E-state index < -0.39 is 0 Å². The van der Waals surface area contributed by atoms with Gasteiger partial charge in [0, 0.05) is 26.2 Å². The molecule has 144 valence electrons. The summed E-state index contributed by atoms with van der Waals surface area (Å²) >= 11 is 0. The van der Waals surface area contributed by atoms with Crippen LogP contribution < -0.4 is 0 Å². The van der Waals surface area contributed by atoms with E-state index in [1.165, 1.54) is 0 Å². The van der Waals surface area contributed by atoms with E-state index in [0.717, 1.165) is 45.5 Å². The van der Waals surface area contributed by atoms with Crippen molar-refractivity contribution in [2.45, 2.75) is 31.8 Å². The lowest BCUT2D eigenvalue weighted by atomic mass is 9.89. The third-order valence-corrected chi connectivity index (χ3v) is 5.47. The Balaban J connectivity index is 1.41. The van der Waals surface area contributed by atoms with Crippen molar-refractivity contribution in [2.75, 3.05) is 39.3 Å². The maximum Gasteiger partial charge on any atom is 0.272 e. The summed E-state index contributed by atoms with van der Waals surface area (Å²) in [4.78, 5) is 21.8. The second kappa shape index (κ2) is 7.74. The molecule has 0 N–H and O–H groups in total. The Morgan fingerprint density at radius 2 is 1.96 bits per heavy atom.